The molecule has 0 aromatic rings. The van der Waals surface area contributed by atoms with Crippen LogP contribution in [0.25, 0.3) is 0 Å². The summed E-state index contributed by atoms with van der Waals surface area (Å²) in [4.78, 5) is 24.1. The maximum Gasteiger partial charge on any atom is 0.331 e. The topological polar surface area (TPSA) is 81.4 Å². The van der Waals surface area contributed by atoms with Gasteiger partial charge in [-0.1, -0.05) is 20.3 Å². The van der Waals surface area contributed by atoms with Gasteiger partial charge in [-0.15, -0.1) is 12.4 Å². The van der Waals surface area contributed by atoms with Crippen LogP contribution in [-0.2, 0) is 14.3 Å². The number of carbonyl (C=O) groups is 2. The van der Waals surface area contributed by atoms with Crippen molar-refractivity contribution in [2.24, 2.45) is 17.6 Å². The van der Waals surface area contributed by atoms with Crippen molar-refractivity contribution in [1.29, 1.82) is 0 Å². The highest BCUT2D eigenvalue weighted by Crippen LogP contribution is 2.34. The molecule has 1 fully saturated rings. The summed E-state index contributed by atoms with van der Waals surface area (Å²) in [6.07, 6.45) is 4.32. The van der Waals surface area contributed by atoms with E-state index in [9.17, 15) is 9.59 Å². The Morgan fingerprint density at radius 3 is 2.35 bits per heavy atom. The van der Waals surface area contributed by atoms with Crippen molar-refractivity contribution in [3.63, 3.8) is 0 Å². The summed E-state index contributed by atoms with van der Waals surface area (Å²) in [6.45, 7) is 4.20. The minimum Gasteiger partial charge on any atom is -0.467 e. The van der Waals surface area contributed by atoms with Gasteiger partial charge < -0.3 is 15.8 Å². The fourth-order valence-electron chi connectivity index (χ4n) is 2.62. The molecule has 0 saturated heterocycles. The number of hydrogen-bond acceptors (Lipinski definition) is 4. The first kappa shape index (κ1) is 19.2. The highest BCUT2D eigenvalue weighted by Gasteiger charge is 2.44. The zero-order valence-electron chi connectivity index (χ0n) is 12.6. The largest absolute Gasteiger partial charge is 0.467 e. The maximum absolute atomic E-state index is 12.1. The van der Waals surface area contributed by atoms with E-state index < -0.39 is 5.54 Å². The molecular formula is C14H27ClN2O3. The van der Waals surface area contributed by atoms with Gasteiger partial charge in [-0.05, 0) is 31.6 Å². The molecule has 5 nitrogen and oxygen atoms in total. The molecule has 20 heavy (non-hydrogen) atoms. The summed E-state index contributed by atoms with van der Waals surface area (Å²) >= 11 is 0. The van der Waals surface area contributed by atoms with Crippen molar-refractivity contribution in [3.05, 3.63) is 0 Å². The Morgan fingerprint density at radius 1 is 1.40 bits per heavy atom. The highest BCUT2D eigenvalue weighted by atomic mass is 35.5. The highest BCUT2D eigenvalue weighted by molar-refractivity contribution is 5.89. The summed E-state index contributed by atoms with van der Waals surface area (Å²) in [5, 5.41) is 2.88. The normalized spacial score (nSPS) is 27.1. The van der Waals surface area contributed by atoms with Crippen LogP contribution in [0.15, 0.2) is 0 Å². The Labute approximate surface area is 127 Å². The standard InChI is InChI=1S/C14H26N2O3.ClH/c1-4-11-5-7-14(8-6-11,13(18)19-3)16-12(17)10(2)9-15;/h10-11H,4-9,15H2,1-3H3,(H,16,17);1H. The van der Waals surface area contributed by atoms with E-state index in [-0.39, 0.29) is 36.7 Å². The van der Waals surface area contributed by atoms with E-state index in [0.29, 0.717) is 18.8 Å². The molecule has 0 aromatic heterocycles. The first-order valence-corrected chi connectivity index (χ1v) is 7.09. The molecule has 1 atom stereocenters. The molecule has 0 aliphatic heterocycles. The van der Waals surface area contributed by atoms with Crippen molar-refractivity contribution in [1.82, 2.24) is 5.32 Å². The molecule has 0 radical (unpaired) electrons. The second-order valence-corrected chi connectivity index (χ2v) is 5.55. The molecule has 1 aliphatic rings. The molecule has 0 bridgehead atoms. The van der Waals surface area contributed by atoms with Crippen LogP contribution in [0.3, 0.4) is 0 Å². The van der Waals surface area contributed by atoms with Gasteiger partial charge in [-0.3, -0.25) is 4.79 Å². The van der Waals surface area contributed by atoms with Crippen molar-refractivity contribution < 1.29 is 14.3 Å². The molecule has 1 rings (SSSR count). The summed E-state index contributed by atoms with van der Waals surface area (Å²) in [7, 11) is 1.37. The predicted octanol–water partition coefficient (Wildman–Crippen LogP) is 1.63. The Hall–Kier alpha value is -0.810. The number of carbonyl (C=O) groups excluding carboxylic acids is 2. The van der Waals surface area contributed by atoms with E-state index in [1.807, 2.05) is 0 Å². The summed E-state index contributed by atoms with van der Waals surface area (Å²) in [6, 6.07) is 0. The lowest BCUT2D eigenvalue weighted by Crippen LogP contribution is -2.58. The van der Waals surface area contributed by atoms with Crippen LogP contribution >= 0.6 is 12.4 Å². The van der Waals surface area contributed by atoms with Gasteiger partial charge in [0.1, 0.15) is 5.54 Å². The number of ether oxygens (including phenoxy) is 1. The summed E-state index contributed by atoms with van der Waals surface area (Å²) in [5.41, 5.74) is 4.65. The molecular weight excluding hydrogens is 280 g/mol. The Morgan fingerprint density at radius 2 is 1.95 bits per heavy atom. The number of esters is 1. The minimum absolute atomic E-state index is 0. The fourth-order valence-corrected chi connectivity index (χ4v) is 2.62. The van der Waals surface area contributed by atoms with Gasteiger partial charge in [0.2, 0.25) is 5.91 Å². The van der Waals surface area contributed by atoms with Gasteiger partial charge in [0.05, 0.1) is 7.11 Å². The van der Waals surface area contributed by atoms with Gasteiger partial charge in [0.25, 0.3) is 0 Å². The van der Waals surface area contributed by atoms with E-state index in [1.165, 1.54) is 7.11 Å². The number of methoxy groups -OCH3 is 1. The van der Waals surface area contributed by atoms with Crippen molar-refractivity contribution >= 4 is 24.3 Å². The van der Waals surface area contributed by atoms with Gasteiger partial charge >= 0.3 is 5.97 Å². The number of nitrogens with one attached hydrogen (secondary N) is 1. The zero-order chi connectivity index (χ0) is 14.5. The van der Waals surface area contributed by atoms with Crippen LogP contribution in [0.1, 0.15) is 46.0 Å². The van der Waals surface area contributed by atoms with Gasteiger partial charge in [-0.2, -0.15) is 0 Å². The van der Waals surface area contributed by atoms with Crippen LogP contribution in [0.5, 0.6) is 0 Å². The molecule has 1 aliphatic carbocycles. The second-order valence-electron chi connectivity index (χ2n) is 5.55. The average Bonchev–Trinajstić information content (AvgIpc) is 2.45. The fraction of sp³-hybridized carbons (Fsp3) is 0.857. The molecule has 0 heterocycles. The molecule has 6 heteroatoms. The Bertz CT molecular complexity index is 328. The molecule has 1 unspecified atom stereocenters. The summed E-state index contributed by atoms with van der Waals surface area (Å²) < 4.78 is 4.89. The quantitative estimate of drug-likeness (QED) is 0.756. The van der Waals surface area contributed by atoms with E-state index in [0.717, 1.165) is 19.3 Å². The first-order valence-electron chi connectivity index (χ1n) is 7.09. The monoisotopic (exact) mass is 306 g/mol. The average molecular weight is 307 g/mol. The lowest BCUT2D eigenvalue weighted by atomic mass is 9.75. The van der Waals surface area contributed by atoms with E-state index in [1.54, 1.807) is 6.92 Å². The Balaban J connectivity index is 0.00000361. The molecule has 1 saturated carbocycles. The first-order chi connectivity index (χ1) is 8.99. The van der Waals surface area contributed by atoms with E-state index in [4.69, 9.17) is 10.5 Å². The predicted molar refractivity (Wildman–Crippen MR) is 80.6 cm³/mol. The molecule has 0 aromatic carbocycles. The van der Waals surface area contributed by atoms with Crippen LogP contribution in [-0.4, -0.2) is 31.1 Å². The lowest BCUT2D eigenvalue weighted by molar-refractivity contribution is -0.153. The number of nitrogens with two attached hydrogens (primary N) is 1. The van der Waals surface area contributed by atoms with Crippen molar-refractivity contribution in [3.8, 4) is 0 Å². The SMILES string of the molecule is CCC1CCC(NC(=O)C(C)CN)(C(=O)OC)CC1.Cl. The second kappa shape index (κ2) is 8.47. The smallest absolute Gasteiger partial charge is 0.331 e. The number of halogens is 1. The van der Waals surface area contributed by atoms with Crippen LogP contribution < -0.4 is 11.1 Å². The summed E-state index contributed by atoms with van der Waals surface area (Å²) in [5.74, 6) is -0.144. The molecule has 1 amide bonds. The van der Waals surface area contributed by atoms with Gasteiger partial charge in [0.15, 0.2) is 0 Å². The number of rotatable bonds is 5. The van der Waals surface area contributed by atoms with Crippen molar-refractivity contribution in [2.75, 3.05) is 13.7 Å². The molecule has 3 N–H and O–H groups in total. The maximum atomic E-state index is 12.1. The van der Waals surface area contributed by atoms with Crippen LogP contribution in [0.2, 0.25) is 0 Å². The van der Waals surface area contributed by atoms with Crippen LogP contribution in [0.4, 0.5) is 0 Å². The molecule has 118 valence electrons. The van der Waals surface area contributed by atoms with E-state index >= 15 is 0 Å². The number of hydrogen-bond donors (Lipinski definition) is 2. The van der Waals surface area contributed by atoms with Gasteiger partial charge in [0, 0.05) is 12.5 Å². The third kappa shape index (κ3) is 4.35. The van der Waals surface area contributed by atoms with E-state index in [2.05, 4.69) is 12.2 Å². The third-order valence-electron chi connectivity index (χ3n) is 4.28. The van der Waals surface area contributed by atoms with Crippen LogP contribution in [0, 0.1) is 11.8 Å². The number of amides is 1. The minimum atomic E-state index is -0.846. The van der Waals surface area contributed by atoms with Crippen molar-refractivity contribution in [2.45, 2.75) is 51.5 Å². The zero-order valence-corrected chi connectivity index (χ0v) is 13.4. The third-order valence-corrected chi connectivity index (χ3v) is 4.28. The van der Waals surface area contributed by atoms with Gasteiger partial charge in [-0.25, -0.2) is 4.79 Å². The Kier molecular flexibility index (Phi) is 8.13. The molecule has 0 spiro atoms. The lowest BCUT2D eigenvalue weighted by Gasteiger charge is -2.38.